The highest BCUT2D eigenvalue weighted by atomic mass is 32.2. The number of hydrogen-bond acceptors (Lipinski definition) is 2. The molecular formula is C17H27NS. The molecule has 0 saturated heterocycles. The predicted octanol–water partition coefficient (Wildman–Crippen LogP) is 4.39. The summed E-state index contributed by atoms with van der Waals surface area (Å²) in [6.45, 7) is 7.95. The Morgan fingerprint density at radius 3 is 2.79 bits per heavy atom. The maximum Gasteiger partial charge on any atom is 0.0207 e. The third-order valence-corrected chi connectivity index (χ3v) is 5.66. The lowest BCUT2D eigenvalue weighted by Crippen LogP contribution is -2.42. The largest absolute Gasteiger partial charge is 0.313 e. The summed E-state index contributed by atoms with van der Waals surface area (Å²) in [6.07, 6.45) is 4.10. The lowest BCUT2D eigenvalue weighted by molar-refractivity contribution is 0.320. The van der Waals surface area contributed by atoms with Crippen LogP contribution in [-0.2, 0) is 5.75 Å². The molecule has 1 aromatic rings. The molecule has 1 saturated carbocycles. The van der Waals surface area contributed by atoms with Gasteiger partial charge in [-0.25, -0.2) is 0 Å². The van der Waals surface area contributed by atoms with Crippen molar-refractivity contribution in [2.75, 3.05) is 6.54 Å². The van der Waals surface area contributed by atoms with Crippen molar-refractivity contribution in [2.45, 2.75) is 57.1 Å². The average molecular weight is 277 g/mol. The first-order chi connectivity index (χ1) is 9.20. The monoisotopic (exact) mass is 277 g/mol. The van der Waals surface area contributed by atoms with E-state index in [2.05, 4.69) is 62.1 Å². The number of hydrogen-bond donors (Lipinski definition) is 1. The highest BCUT2D eigenvalue weighted by Crippen LogP contribution is 2.34. The minimum absolute atomic E-state index is 0.718. The summed E-state index contributed by atoms with van der Waals surface area (Å²) in [7, 11) is 0. The van der Waals surface area contributed by atoms with Crippen LogP contribution in [0.5, 0.6) is 0 Å². The van der Waals surface area contributed by atoms with Gasteiger partial charge in [-0.1, -0.05) is 38.1 Å². The van der Waals surface area contributed by atoms with Crippen LogP contribution >= 0.6 is 11.8 Å². The van der Waals surface area contributed by atoms with Gasteiger partial charge in [-0.2, -0.15) is 11.8 Å². The molecular weight excluding hydrogens is 250 g/mol. The molecule has 0 amide bonds. The molecule has 0 bridgehead atoms. The summed E-state index contributed by atoms with van der Waals surface area (Å²) in [5.41, 5.74) is 2.93. The number of rotatable bonds is 5. The first-order valence-electron chi connectivity index (χ1n) is 7.60. The summed E-state index contributed by atoms with van der Waals surface area (Å²) in [5.74, 6) is 2.05. The SMILES string of the molecule is CCNC1CCC(C)CC1SCc1ccccc1C. The van der Waals surface area contributed by atoms with E-state index < -0.39 is 0 Å². The quantitative estimate of drug-likeness (QED) is 0.856. The van der Waals surface area contributed by atoms with E-state index in [0.29, 0.717) is 0 Å². The van der Waals surface area contributed by atoms with Gasteiger partial charge in [-0.05, 0) is 49.8 Å². The van der Waals surface area contributed by atoms with Gasteiger partial charge in [0.25, 0.3) is 0 Å². The van der Waals surface area contributed by atoms with Gasteiger partial charge in [0.15, 0.2) is 0 Å². The minimum atomic E-state index is 0.718. The fourth-order valence-electron chi connectivity index (χ4n) is 2.98. The van der Waals surface area contributed by atoms with Crippen molar-refractivity contribution in [1.29, 1.82) is 0 Å². The molecule has 0 heterocycles. The van der Waals surface area contributed by atoms with E-state index in [1.165, 1.54) is 30.4 Å². The third kappa shape index (κ3) is 4.25. The maximum absolute atomic E-state index is 3.69. The van der Waals surface area contributed by atoms with Crippen LogP contribution in [0.25, 0.3) is 0 Å². The number of thioether (sulfide) groups is 1. The highest BCUT2D eigenvalue weighted by Gasteiger charge is 2.28. The molecule has 1 fully saturated rings. The van der Waals surface area contributed by atoms with Crippen molar-refractivity contribution >= 4 is 11.8 Å². The number of benzene rings is 1. The van der Waals surface area contributed by atoms with Gasteiger partial charge >= 0.3 is 0 Å². The van der Waals surface area contributed by atoms with Gasteiger partial charge in [0.2, 0.25) is 0 Å². The molecule has 1 N–H and O–H groups in total. The zero-order valence-corrected chi connectivity index (χ0v) is 13.3. The fourth-order valence-corrected chi connectivity index (χ4v) is 4.62. The molecule has 1 aromatic carbocycles. The van der Waals surface area contributed by atoms with E-state index in [1.807, 2.05) is 0 Å². The molecule has 0 radical (unpaired) electrons. The van der Waals surface area contributed by atoms with Crippen molar-refractivity contribution in [3.63, 3.8) is 0 Å². The average Bonchev–Trinajstić information content (AvgIpc) is 2.41. The lowest BCUT2D eigenvalue weighted by atomic mass is 9.87. The molecule has 3 unspecified atom stereocenters. The molecule has 2 rings (SSSR count). The maximum atomic E-state index is 3.69. The van der Waals surface area contributed by atoms with Gasteiger partial charge < -0.3 is 5.32 Å². The summed E-state index contributed by atoms with van der Waals surface area (Å²) in [6, 6.07) is 9.51. The van der Waals surface area contributed by atoms with Gasteiger partial charge in [0.1, 0.15) is 0 Å². The van der Waals surface area contributed by atoms with Crippen LogP contribution in [0.4, 0.5) is 0 Å². The molecule has 106 valence electrons. The predicted molar refractivity (Wildman–Crippen MR) is 86.7 cm³/mol. The normalized spacial score (nSPS) is 27.4. The molecule has 1 nitrogen and oxygen atoms in total. The zero-order valence-electron chi connectivity index (χ0n) is 12.5. The molecule has 3 atom stereocenters. The van der Waals surface area contributed by atoms with Gasteiger partial charge in [0.05, 0.1) is 0 Å². The van der Waals surface area contributed by atoms with Crippen LogP contribution in [0.1, 0.15) is 44.2 Å². The minimum Gasteiger partial charge on any atom is -0.313 e. The van der Waals surface area contributed by atoms with Crippen LogP contribution in [0, 0.1) is 12.8 Å². The molecule has 0 aliphatic heterocycles. The second kappa shape index (κ2) is 7.35. The van der Waals surface area contributed by atoms with Crippen LogP contribution in [0.15, 0.2) is 24.3 Å². The van der Waals surface area contributed by atoms with Crippen LogP contribution in [-0.4, -0.2) is 17.8 Å². The smallest absolute Gasteiger partial charge is 0.0207 e. The van der Waals surface area contributed by atoms with E-state index >= 15 is 0 Å². The molecule has 19 heavy (non-hydrogen) atoms. The Labute approximate surface area is 122 Å². The highest BCUT2D eigenvalue weighted by molar-refractivity contribution is 7.99. The molecule has 2 heteroatoms. The van der Waals surface area contributed by atoms with Gasteiger partial charge in [0, 0.05) is 17.0 Å². The first-order valence-corrected chi connectivity index (χ1v) is 8.65. The standard InChI is InChI=1S/C17H27NS/c1-4-18-16-10-9-13(2)11-17(16)19-12-15-8-6-5-7-14(15)3/h5-8,13,16-18H,4,9-12H2,1-3H3. The van der Waals surface area contributed by atoms with Gasteiger partial charge in [-0.3, -0.25) is 0 Å². The first kappa shape index (κ1) is 14.9. The number of aryl methyl sites for hydroxylation is 1. The Morgan fingerprint density at radius 1 is 1.26 bits per heavy atom. The second-order valence-corrected chi connectivity index (χ2v) is 7.09. The van der Waals surface area contributed by atoms with Crippen LogP contribution < -0.4 is 5.32 Å². The fraction of sp³-hybridized carbons (Fsp3) is 0.647. The second-order valence-electron chi connectivity index (χ2n) is 5.86. The van der Waals surface area contributed by atoms with E-state index in [9.17, 15) is 0 Å². The lowest BCUT2D eigenvalue weighted by Gasteiger charge is -2.35. The Balaban J connectivity index is 1.93. The molecule has 1 aliphatic carbocycles. The van der Waals surface area contributed by atoms with Crippen molar-refractivity contribution < 1.29 is 0 Å². The molecule has 1 aliphatic rings. The van der Waals surface area contributed by atoms with Crippen LogP contribution in [0.3, 0.4) is 0 Å². The third-order valence-electron chi connectivity index (χ3n) is 4.23. The van der Waals surface area contributed by atoms with E-state index in [0.717, 1.165) is 29.5 Å². The summed E-state index contributed by atoms with van der Waals surface area (Å²) in [4.78, 5) is 0. The summed E-state index contributed by atoms with van der Waals surface area (Å²) < 4.78 is 0. The summed E-state index contributed by atoms with van der Waals surface area (Å²) in [5, 5.41) is 4.47. The Morgan fingerprint density at radius 2 is 2.05 bits per heavy atom. The number of nitrogens with one attached hydrogen (secondary N) is 1. The Kier molecular flexibility index (Phi) is 5.77. The van der Waals surface area contributed by atoms with Crippen molar-refractivity contribution in [2.24, 2.45) is 5.92 Å². The topological polar surface area (TPSA) is 12.0 Å². The van der Waals surface area contributed by atoms with Crippen molar-refractivity contribution in [3.8, 4) is 0 Å². The molecule has 0 spiro atoms. The Bertz CT molecular complexity index is 391. The van der Waals surface area contributed by atoms with Gasteiger partial charge in [-0.15, -0.1) is 0 Å². The van der Waals surface area contributed by atoms with E-state index in [-0.39, 0.29) is 0 Å². The van der Waals surface area contributed by atoms with E-state index in [1.54, 1.807) is 0 Å². The van der Waals surface area contributed by atoms with Crippen molar-refractivity contribution in [1.82, 2.24) is 5.32 Å². The van der Waals surface area contributed by atoms with Crippen molar-refractivity contribution in [3.05, 3.63) is 35.4 Å². The summed E-state index contributed by atoms with van der Waals surface area (Å²) >= 11 is 2.15. The molecule has 0 aromatic heterocycles. The van der Waals surface area contributed by atoms with E-state index in [4.69, 9.17) is 0 Å². The van der Waals surface area contributed by atoms with Crippen LogP contribution in [0.2, 0.25) is 0 Å². The Hall–Kier alpha value is -0.470. The zero-order chi connectivity index (χ0) is 13.7.